The smallest absolute Gasteiger partial charge is 0.252 e. The van der Waals surface area contributed by atoms with Crippen molar-refractivity contribution in [2.75, 3.05) is 11.1 Å². The SMILES string of the molecule is CCn1c(SCC(=O)Nc2ccc(Cl)cc2)nnc1[C@H](C)NC(=O)c1ccccc1C. The summed E-state index contributed by atoms with van der Waals surface area (Å²) in [5.41, 5.74) is 2.22. The molecule has 3 aromatic rings. The molecule has 0 aliphatic carbocycles. The van der Waals surface area contributed by atoms with Gasteiger partial charge in [-0.05, 0) is 56.7 Å². The van der Waals surface area contributed by atoms with Crippen molar-refractivity contribution in [2.45, 2.75) is 38.5 Å². The van der Waals surface area contributed by atoms with Crippen molar-refractivity contribution in [1.29, 1.82) is 0 Å². The predicted octanol–water partition coefficient (Wildman–Crippen LogP) is 4.48. The van der Waals surface area contributed by atoms with E-state index in [1.807, 2.05) is 43.5 Å². The summed E-state index contributed by atoms with van der Waals surface area (Å²) < 4.78 is 1.91. The lowest BCUT2D eigenvalue weighted by Crippen LogP contribution is -2.29. The summed E-state index contributed by atoms with van der Waals surface area (Å²) in [5, 5.41) is 15.5. The molecule has 0 unspecified atom stereocenters. The Morgan fingerprint density at radius 2 is 1.84 bits per heavy atom. The minimum atomic E-state index is -0.336. The molecule has 9 heteroatoms. The summed E-state index contributed by atoms with van der Waals surface area (Å²) in [6.45, 7) is 6.36. The number of hydrogen-bond donors (Lipinski definition) is 2. The monoisotopic (exact) mass is 457 g/mol. The van der Waals surface area contributed by atoms with Gasteiger partial charge in [0.25, 0.3) is 5.91 Å². The van der Waals surface area contributed by atoms with Crippen molar-refractivity contribution in [3.63, 3.8) is 0 Å². The van der Waals surface area contributed by atoms with Crippen LogP contribution in [0.5, 0.6) is 0 Å². The second-order valence-corrected chi connectivity index (χ2v) is 8.32. The first kappa shape index (κ1) is 22.8. The van der Waals surface area contributed by atoms with Crippen LogP contribution in [0, 0.1) is 6.92 Å². The van der Waals surface area contributed by atoms with Gasteiger partial charge in [-0.3, -0.25) is 9.59 Å². The topological polar surface area (TPSA) is 88.9 Å². The number of rotatable bonds is 8. The lowest BCUT2D eigenvalue weighted by atomic mass is 10.1. The van der Waals surface area contributed by atoms with Gasteiger partial charge in [0.15, 0.2) is 11.0 Å². The molecule has 1 aromatic heterocycles. The highest BCUT2D eigenvalue weighted by molar-refractivity contribution is 7.99. The summed E-state index contributed by atoms with van der Waals surface area (Å²) in [4.78, 5) is 24.9. The molecule has 2 amide bonds. The highest BCUT2D eigenvalue weighted by Crippen LogP contribution is 2.22. The van der Waals surface area contributed by atoms with Crippen LogP contribution in [0.2, 0.25) is 5.02 Å². The molecule has 0 saturated heterocycles. The van der Waals surface area contributed by atoms with Crippen LogP contribution in [-0.2, 0) is 11.3 Å². The van der Waals surface area contributed by atoms with E-state index < -0.39 is 0 Å². The van der Waals surface area contributed by atoms with Gasteiger partial charge in [-0.1, -0.05) is 41.6 Å². The number of carbonyl (C=O) groups is 2. The second kappa shape index (κ2) is 10.5. The van der Waals surface area contributed by atoms with Crippen LogP contribution in [0.3, 0.4) is 0 Å². The van der Waals surface area contributed by atoms with E-state index in [1.54, 1.807) is 30.3 Å². The van der Waals surface area contributed by atoms with Gasteiger partial charge in [0, 0.05) is 22.8 Å². The Kier molecular flexibility index (Phi) is 7.70. The molecule has 7 nitrogen and oxygen atoms in total. The number of carbonyl (C=O) groups excluding carboxylic acids is 2. The number of aryl methyl sites for hydroxylation is 1. The number of halogens is 1. The number of hydrogen-bond acceptors (Lipinski definition) is 5. The highest BCUT2D eigenvalue weighted by Gasteiger charge is 2.20. The standard InChI is InChI=1S/C22H24ClN5O2S/c1-4-28-20(15(3)24-21(30)18-8-6-5-7-14(18)2)26-27-22(28)31-13-19(29)25-17-11-9-16(23)10-12-17/h5-12,15H,4,13H2,1-3H3,(H,24,30)(H,25,29)/t15-/m0/s1. The van der Waals surface area contributed by atoms with Crippen LogP contribution in [0.1, 0.15) is 41.6 Å². The fourth-order valence-corrected chi connectivity index (χ4v) is 3.99. The average molecular weight is 458 g/mol. The molecule has 0 saturated carbocycles. The summed E-state index contributed by atoms with van der Waals surface area (Å²) in [7, 11) is 0. The molecule has 3 rings (SSSR count). The summed E-state index contributed by atoms with van der Waals surface area (Å²) in [6, 6.07) is 14.0. The van der Waals surface area contributed by atoms with Gasteiger partial charge >= 0.3 is 0 Å². The molecule has 0 radical (unpaired) electrons. The van der Waals surface area contributed by atoms with E-state index in [9.17, 15) is 9.59 Å². The van der Waals surface area contributed by atoms with Crippen molar-refractivity contribution in [1.82, 2.24) is 20.1 Å². The molecule has 0 spiro atoms. The molecule has 2 N–H and O–H groups in total. The van der Waals surface area contributed by atoms with Crippen LogP contribution in [0.25, 0.3) is 0 Å². The first-order valence-electron chi connectivity index (χ1n) is 9.86. The van der Waals surface area contributed by atoms with E-state index in [2.05, 4.69) is 20.8 Å². The number of aromatic nitrogens is 3. The van der Waals surface area contributed by atoms with Crippen LogP contribution in [0.15, 0.2) is 53.7 Å². The van der Waals surface area contributed by atoms with E-state index >= 15 is 0 Å². The van der Waals surface area contributed by atoms with Gasteiger partial charge in [0.05, 0.1) is 11.8 Å². The Balaban J connectivity index is 1.63. The van der Waals surface area contributed by atoms with Crippen molar-refractivity contribution in [3.8, 4) is 0 Å². The molecule has 2 aromatic carbocycles. The Morgan fingerprint density at radius 1 is 1.13 bits per heavy atom. The molecule has 1 heterocycles. The van der Waals surface area contributed by atoms with Crippen LogP contribution < -0.4 is 10.6 Å². The van der Waals surface area contributed by atoms with Crippen molar-refractivity contribution in [3.05, 3.63) is 70.5 Å². The summed E-state index contributed by atoms with van der Waals surface area (Å²) in [5.74, 6) is 0.517. The van der Waals surface area contributed by atoms with Crippen LogP contribution in [0.4, 0.5) is 5.69 Å². The van der Waals surface area contributed by atoms with Crippen LogP contribution in [-0.4, -0.2) is 32.3 Å². The Morgan fingerprint density at radius 3 is 2.52 bits per heavy atom. The zero-order valence-electron chi connectivity index (χ0n) is 17.6. The molecule has 31 heavy (non-hydrogen) atoms. The lowest BCUT2D eigenvalue weighted by molar-refractivity contribution is -0.113. The van der Waals surface area contributed by atoms with E-state index in [4.69, 9.17) is 11.6 Å². The number of thioether (sulfide) groups is 1. The predicted molar refractivity (Wildman–Crippen MR) is 124 cm³/mol. The Bertz CT molecular complexity index is 1070. The normalized spacial score (nSPS) is 11.7. The van der Waals surface area contributed by atoms with Gasteiger partial charge in [0.1, 0.15) is 0 Å². The molecule has 0 fully saturated rings. The third kappa shape index (κ3) is 5.86. The highest BCUT2D eigenvalue weighted by atomic mass is 35.5. The van der Waals surface area contributed by atoms with Crippen molar-refractivity contribution >= 4 is 40.9 Å². The number of nitrogens with zero attached hydrogens (tertiary/aromatic N) is 3. The lowest BCUT2D eigenvalue weighted by Gasteiger charge is -2.16. The third-order valence-electron chi connectivity index (χ3n) is 4.65. The van der Waals surface area contributed by atoms with Gasteiger partial charge in [0.2, 0.25) is 5.91 Å². The maximum absolute atomic E-state index is 12.6. The van der Waals surface area contributed by atoms with Crippen molar-refractivity contribution < 1.29 is 9.59 Å². The molecular weight excluding hydrogens is 434 g/mol. The van der Waals surface area contributed by atoms with Gasteiger partial charge in [-0.25, -0.2) is 0 Å². The quantitative estimate of drug-likeness (QED) is 0.487. The number of anilines is 1. The second-order valence-electron chi connectivity index (χ2n) is 6.94. The Labute approximate surface area is 190 Å². The van der Waals surface area contributed by atoms with Gasteiger partial charge in [-0.15, -0.1) is 10.2 Å². The Hall–Kier alpha value is -2.84. The van der Waals surface area contributed by atoms with E-state index in [-0.39, 0.29) is 23.6 Å². The zero-order valence-corrected chi connectivity index (χ0v) is 19.1. The maximum Gasteiger partial charge on any atom is 0.252 e. The first-order valence-corrected chi connectivity index (χ1v) is 11.2. The third-order valence-corrected chi connectivity index (χ3v) is 5.87. The van der Waals surface area contributed by atoms with E-state index in [0.29, 0.717) is 33.8 Å². The van der Waals surface area contributed by atoms with Crippen LogP contribution >= 0.6 is 23.4 Å². The summed E-state index contributed by atoms with van der Waals surface area (Å²) >= 11 is 7.16. The molecule has 1 atom stereocenters. The fraction of sp³-hybridized carbons (Fsp3) is 0.273. The number of amides is 2. The minimum Gasteiger partial charge on any atom is -0.342 e. The summed E-state index contributed by atoms with van der Waals surface area (Å²) in [6.07, 6.45) is 0. The molecule has 0 bridgehead atoms. The maximum atomic E-state index is 12.6. The largest absolute Gasteiger partial charge is 0.342 e. The molecule has 162 valence electrons. The van der Waals surface area contributed by atoms with Gasteiger partial charge in [-0.2, -0.15) is 0 Å². The zero-order chi connectivity index (χ0) is 22.4. The molecule has 0 aliphatic rings. The average Bonchev–Trinajstić information content (AvgIpc) is 3.17. The molecular formula is C22H24ClN5O2S. The fourth-order valence-electron chi connectivity index (χ4n) is 3.05. The van der Waals surface area contributed by atoms with E-state index in [0.717, 1.165) is 5.56 Å². The van der Waals surface area contributed by atoms with Gasteiger partial charge < -0.3 is 15.2 Å². The minimum absolute atomic E-state index is 0.152. The molecule has 0 aliphatic heterocycles. The first-order chi connectivity index (χ1) is 14.9. The number of nitrogens with one attached hydrogen (secondary N) is 2. The number of benzene rings is 2. The van der Waals surface area contributed by atoms with E-state index in [1.165, 1.54) is 11.8 Å². The van der Waals surface area contributed by atoms with Crippen molar-refractivity contribution in [2.24, 2.45) is 0 Å².